The third kappa shape index (κ3) is 2.32. The molecule has 0 bridgehead atoms. The van der Waals surface area contributed by atoms with E-state index in [-0.39, 0.29) is 12.6 Å². The Hall–Kier alpha value is -1.36. The summed E-state index contributed by atoms with van der Waals surface area (Å²) in [4.78, 5) is 23.8. The molecule has 2 amide bonds. The molecule has 0 aromatic carbocycles. The molecule has 1 fully saturated rings. The van der Waals surface area contributed by atoms with Gasteiger partial charge in [0.25, 0.3) is 0 Å². The topological polar surface area (TPSA) is 69.6 Å². The van der Waals surface area contributed by atoms with Crippen molar-refractivity contribution in [3.63, 3.8) is 0 Å². The third-order valence-corrected chi connectivity index (χ3v) is 2.06. The number of carbonyl (C=O) groups is 2. The van der Waals surface area contributed by atoms with E-state index in [9.17, 15) is 14.7 Å². The number of hydrogen-bond donors (Lipinski definition) is 2. The van der Waals surface area contributed by atoms with Crippen molar-refractivity contribution in [2.24, 2.45) is 0 Å². The number of aliphatic hydroxyl groups excluding tert-OH is 1. The summed E-state index contributed by atoms with van der Waals surface area (Å²) < 4.78 is 0. The average Bonchev–Trinajstić information content (AvgIpc) is 2.50. The zero-order valence-corrected chi connectivity index (χ0v) is 8.12. The van der Waals surface area contributed by atoms with Crippen LogP contribution in [0.15, 0.2) is 12.2 Å². The van der Waals surface area contributed by atoms with Crippen molar-refractivity contribution in [3.8, 4) is 0 Å². The maximum atomic E-state index is 11.4. The number of nitrogens with one attached hydrogen (secondary N) is 1. The molecule has 14 heavy (non-hydrogen) atoms. The summed E-state index contributed by atoms with van der Waals surface area (Å²) in [5.41, 5.74) is 0.398. The number of carbonyl (C=O) groups excluding carboxylic acids is 2. The lowest BCUT2D eigenvalue weighted by Crippen LogP contribution is -2.37. The van der Waals surface area contributed by atoms with Gasteiger partial charge in [-0.15, -0.1) is 0 Å². The fourth-order valence-corrected chi connectivity index (χ4v) is 1.21. The second-order valence-electron chi connectivity index (χ2n) is 3.37. The van der Waals surface area contributed by atoms with Gasteiger partial charge in [0, 0.05) is 13.1 Å². The first kappa shape index (κ1) is 10.7. The largest absolute Gasteiger partial charge is 0.381 e. The smallest absolute Gasteiger partial charge is 0.317 e. The van der Waals surface area contributed by atoms with Gasteiger partial charge in [-0.2, -0.15) is 0 Å². The van der Waals surface area contributed by atoms with Gasteiger partial charge in [0.05, 0.1) is 6.54 Å². The van der Waals surface area contributed by atoms with Crippen LogP contribution in [0.1, 0.15) is 6.92 Å². The van der Waals surface area contributed by atoms with Crippen LogP contribution >= 0.6 is 0 Å². The summed E-state index contributed by atoms with van der Waals surface area (Å²) in [5, 5.41) is 11.9. The van der Waals surface area contributed by atoms with Crippen LogP contribution in [-0.2, 0) is 4.79 Å². The van der Waals surface area contributed by atoms with E-state index in [1.807, 2.05) is 0 Å². The number of aliphatic hydroxyl groups is 1. The first-order chi connectivity index (χ1) is 6.52. The van der Waals surface area contributed by atoms with Crippen molar-refractivity contribution in [2.45, 2.75) is 13.0 Å². The highest BCUT2D eigenvalue weighted by Crippen LogP contribution is 2.03. The van der Waals surface area contributed by atoms with Gasteiger partial charge in [0.1, 0.15) is 6.10 Å². The molecule has 1 aliphatic rings. The van der Waals surface area contributed by atoms with E-state index in [1.54, 1.807) is 6.92 Å². The highest BCUT2D eigenvalue weighted by molar-refractivity contribution is 5.90. The van der Waals surface area contributed by atoms with Crippen LogP contribution in [0.25, 0.3) is 0 Å². The van der Waals surface area contributed by atoms with Crippen LogP contribution in [0.2, 0.25) is 0 Å². The van der Waals surface area contributed by atoms with E-state index < -0.39 is 11.9 Å². The zero-order chi connectivity index (χ0) is 10.7. The molecule has 5 heteroatoms. The fourth-order valence-electron chi connectivity index (χ4n) is 1.21. The van der Waals surface area contributed by atoms with Gasteiger partial charge in [0.15, 0.2) is 5.78 Å². The summed E-state index contributed by atoms with van der Waals surface area (Å²) in [7, 11) is 0. The maximum absolute atomic E-state index is 11.4. The van der Waals surface area contributed by atoms with Crippen molar-refractivity contribution in [3.05, 3.63) is 12.2 Å². The Kier molecular flexibility index (Phi) is 3.24. The van der Waals surface area contributed by atoms with Gasteiger partial charge < -0.3 is 15.3 Å². The molecular weight excluding hydrogens is 184 g/mol. The van der Waals surface area contributed by atoms with E-state index in [0.717, 1.165) is 0 Å². The lowest BCUT2D eigenvalue weighted by Gasteiger charge is -2.15. The minimum Gasteiger partial charge on any atom is -0.381 e. The Morgan fingerprint density at radius 3 is 2.86 bits per heavy atom. The van der Waals surface area contributed by atoms with E-state index in [2.05, 4.69) is 11.9 Å². The number of rotatable bonds is 4. The van der Waals surface area contributed by atoms with Gasteiger partial charge in [-0.1, -0.05) is 6.58 Å². The third-order valence-electron chi connectivity index (χ3n) is 2.06. The van der Waals surface area contributed by atoms with Crippen molar-refractivity contribution in [1.82, 2.24) is 10.2 Å². The molecule has 1 aliphatic heterocycles. The Morgan fingerprint density at radius 2 is 2.43 bits per heavy atom. The number of ketones is 1. The molecule has 1 unspecified atom stereocenters. The van der Waals surface area contributed by atoms with Crippen LogP contribution < -0.4 is 5.32 Å². The second-order valence-corrected chi connectivity index (χ2v) is 3.37. The molecule has 1 saturated heterocycles. The molecular formula is C9H14N2O3. The first-order valence-corrected chi connectivity index (χ1v) is 4.41. The van der Waals surface area contributed by atoms with E-state index >= 15 is 0 Å². The van der Waals surface area contributed by atoms with E-state index in [4.69, 9.17) is 0 Å². The highest BCUT2D eigenvalue weighted by Gasteiger charge is 2.25. The maximum Gasteiger partial charge on any atom is 0.317 e. The minimum absolute atomic E-state index is 0.0557. The number of Topliss-reactive ketones (excluding diaryl/α,β-unsaturated/α-hetero) is 1. The first-order valence-electron chi connectivity index (χ1n) is 4.41. The molecule has 5 nitrogen and oxygen atoms in total. The standard InChI is InChI=1S/C9H14N2O3/c1-6(2)8(13)7(12)5-11-4-3-10-9(11)14/h8,13H,1,3-5H2,2H3,(H,10,14). The average molecular weight is 198 g/mol. The number of urea groups is 1. The quantitative estimate of drug-likeness (QED) is 0.599. The van der Waals surface area contributed by atoms with Crippen LogP contribution in [0.4, 0.5) is 4.79 Å². The summed E-state index contributed by atoms with van der Waals surface area (Å²) in [6.45, 7) is 6.06. The molecule has 0 spiro atoms. The summed E-state index contributed by atoms with van der Waals surface area (Å²) in [5.74, 6) is -0.394. The van der Waals surface area contributed by atoms with Crippen molar-refractivity contribution in [2.75, 3.05) is 19.6 Å². The lowest BCUT2D eigenvalue weighted by molar-refractivity contribution is -0.125. The van der Waals surface area contributed by atoms with Gasteiger partial charge in [-0.3, -0.25) is 4.79 Å². The minimum atomic E-state index is -1.16. The monoisotopic (exact) mass is 198 g/mol. The molecule has 0 aliphatic carbocycles. The predicted molar refractivity (Wildman–Crippen MR) is 50.8 cm³/mol. The van der Waals surface area contributed by atoms with Crippen molar-refractivity contribution in [1.29, 1.82) is 0 Å². The molecule has 0 aromatic heterocycles. The number of nitrogens with zero attached hydrogens (tertiary/aromatic N) is 1. The molecule has 0 radical (unpaired) electrons. The summed E-state index contributed by atoms with van der Waals surface area (Å²) in [6.07, 6.45) is -1.16. The van der Waals surface area contributed by atoms with Gasteiger partial charge >= 0.3 is 6.03 Å². The van der Waals surface area contributed by atoms with Crippen LogP contribution in [0.5, 0.6) is 0 Å². The summed E-state index contributed by atoms with van der Waals surface area (Å²) >= 11 is 0. The molecule has 1 rings (SSSR count). The molecule has 0 saturated carbocycles. The van der Waals surface area contributed by atoms with Crippen LogP contribution in [0.3, 0.4) is 0 Å². The SMILES string of the molecule is C=C(C)C(O)C(=O)CN1CCNC1=O. The molecule has 2 N–H and O–H groups in total. The Balaban J connectivity index is 2.48. The fraction of sp³-hybridized carbons (Fsp3) is 0.556. The van der Waals surface area contributed by atoms with Crippen LogP contribution in [0, 0.1) is 0 Å². The predicted octanol–water partition coefficient (Wildman–Crippen LogP) is -0.482. The Labute approximate surface area is 82.4 Å². The van der Waals surface area contributed by atoms with Crippen LogP contribution in [-0.4, -0.2) is 47.6 Å². The Bertz CT molecular complexity index is 275. The molecule has 1 atom stereocenters. The van der Waals surface area contributed by atoms with Gasteiger partial charge in [0.2, 0.25) is 0 Å². The van der Waals surface area contributed by atoms with Crippen molar-refractivity contribution >= 4 is 11.8 Å². The van der Waals surface area contributed by atoms with Crippen molar-refractivity contribution < 1.29 is 14.7 Å². The van der Waals surface area contributed by atoms with Gasteiger partial charge in [-0.25, -0.2) is 4.79 Å². The van der Waals surface area contributed by atoms with Gasteiger partial charge in [-0.05, 0) is 12.5 Å². The summed E-state index contributed by atoms with van der Waals surface area (Å²) in [6, 6.07) is -0.257. The van der Waals surface area contributed by atoms with E-state index in [0.29, 0.717) is 18.7 Å². The Morgan fingerprint density at radius 1 is 1.79 bits per heavy atom. The lowest BCUT2D eigenvalue weighted by atomic mass is 10.1. The van der Waals surface area contributed by atoms with E-state index in [1.165, 1.54) is 4.90 Å². The molecule has 1 heterocycles. The molecule has 0 aromatic rings. The highest BCUT2D eigenvalue weighted by atomic mass is 16.3. The number of hydrogen-bond acceptors (Lipinski definition) is 3. The normalized spacial score (nSPS) is 17.9. The molecule has 78 valence electrons. The second kappa shape index (κ2) is 4.23. The zero-order valence-electron chi connectivity index (χ0n) is 8.12. The number of amides is 2.